The van der Waals surface area contributed by atoms with Crippen LogP contribution in [0.5, 0.6) is 0 Å². The molecule has 0 N–H and O–H groups in total. The maximum Gasteiger partial charge on any atom is 0.270 e. The molecule has 1 aromatic carbocycles. The van der Waals surface area contributed by atoms with Crippen molar-refractivity contribution < 1.29 is 4.79 Å². The fraction of sp³-hybridized carbons (Fsp3) is 0.500. The Balaban J connectivity index is 1.57. The van der Waals surface area contributed by atoms with Crippen LogP contribution in [0.4, 0.5) is 0 Å². The summed E-state index contributed by atoms with van der Waals surface area (Å²) in [6, 6.07) is 11.1. The van der Waals surface area contributed by atoms with E-state index in [9.17, 15) is 4.79 Å². The Kier molecular flexibility index (Phi) is 3.41. The summed E-state index contributed by atoms with van der Waals surface area (Å²) in [4.78, 5) is 17.5. The Morgan fingerprint density at radius 1 is 1.14 bits per heavy atom. The number of hydrogen-bond donors (Lipinski definition) is 0. The van der Waals surface area contributed by atoms with Crippen molar-refractivity contribution in [2.24, 2.45) is 0 Å². The van der Waals surface area contributed by atoms with Gasteiger partial charge in [-0.3, -0.25) is 9.69 Å². The highest BCUT2D eigenvalue weighted by Gasteiger charge is 2.33. The van der Waals surface area contributed by atoms with Crippen LogP contribution >= 0.6 is 0 Å². The lowest BCUT2D eigenvalue weighted by Crippen LogP contribution is -2.49. The number of rotatable bonds is 3. The van der Waals surface area contributed by atoms with Crippen LogP contribution < -0.4 is 0 Å². The maximum absolute atomic E-state index is 12.9. The average Bonchev–Trinajstić information content (AvgIpc) is 3.34. The van der Waals surface area contributed by atoms with E-state index in [2.05, 4.69) is 34.6 Å². The predicted molar refractivity (Wildman–Crippen MR) is 88.1 cm³/mol. The molecule has 1 aliphatic heterocycles. The lowest BCUT2D eigenvalue weighted by molar-refractivity contribution is 0.0617. The van der Waals surface area contributed by atoms with E-state index in [-0.39, 0.29) is 5.91 Å². The first-order valence-electron chi connectivity index (χ1n) is 8.39. The molecule has 2 aliphatic rings. The van der Waals surface area contributed by atoms with Gasteiger partial charge in [-0.25, -0.2) is 0 Å². The van der Waals surface area contributed by atoms with E-state index < -0.39 is 0 Å². The third kappa shape index (κ3) is 2.31. The number of fused-ring (bicyclic) bond motifs is 1. The first-order valence-corrected chi connectivity index (χ1v) is 8.39. The molecule has 0 atom stereocenters. The van der Waals surface area contributed by atoms with Gasteiger partial charge in [-0.2, -0.15) is 0 Å². The number of hydrogen-bond acceptors (Lipinski definition) is 2. The first-order chi connectivity index (χ1) is 10.8. The van der Waals surface area contributed by atoms with Crippen molar-refractivity contribution in [3.8, 4) is 0 Å². The molecular weight excluding hydrogens is 274 g/mol. The zero-order valence-electron chi connectivity index (χ0n) is 13.2. The van der Waals surface area contributed by atoms with Crippen LogP contribution in [0.3, 0.4) is 0 Å². The van der Waals surface area contributed by atoms with Crippen LogP contribution in [-0.2, 0) is 6.54 Å². The van der Waals surface area contributed by atoms with Gasteiger partial charge in [0, 0.05) is 49.7 Å². The van der Waals surface area contributed by atoms with Crippen LogP contribution in [0.2, 0.25) is 0 Å². The van der Waals surface area contributed by atoms with E-state index in [1.54, 1.807) is 0 Å². The van der Waals surface area contributed by atoms with Crippen LogP contribution in [0, 0.1) is 0 Å². The normalized spacial score (nSPS) is 19.8. The van der Waals surface area contributed by atoms with E-state index in [0.717, 1.165) is 55.4 Å². The summed E-state index contributed by atoms with van der Waals surface area (Å²) in [7, 11) is 0. The molecule has 4 rings (SSSR count). The van der Waals surface area contributed by atoms with Crippen molar-refractivity contribution in [3.63, 3.8) is 0 Å². The van der Waals surface area contributed by atoms with E-state index in [1.165, 1.54) is 12.8 Å². The highest BCUT2D eigenvalue weighted by atomic mass is 16.2. The number of amides is 1. The summed E-state index contributed by atoms with van der Waals surface area (Å²) in [5.41, 5.74) is 1.99. The highest BCUT2D eigenvalue weighted by molar-refractivity contribution is 5.98. The molecule has 4 heteroatoms. The topological polar surface area (TPSA) is 28.5 Å². The smallest absolute Gasteiger partial charge is 0.270 e. The third-order valence-corrected chi connectivity index (χ3v) is 5.01. The summed E-state index contributed by atoms with van der Waals surface area (Å²) in [5.74, 6) is 0.188. The van der Waals surface area contributed by atoms with Gasteiger partial charge >= 0.3 is 0 Å². The summed E-state index contributed by atoms with van der Waals surface area (Å²) in [6.07, 6.45) is 2.69. The van der Waals surface area contributed by atoms with Gasteiger partial charge in [0.15, 0.2) is 0 Å². The second kappa shape index (κ2) is 5.43. The second-order valence-electron chi connectivity index (χ2n) is 6.39. The number of aryl methyl sites for hydroxylation is 1. The number of piperazine rings is 1. The zero-order valence-corrected chi connectivity index (χ0v) is 13.2. The number of aromatic nitrogens is 1. The van der Waals surface area contributed by atoms with Gasteiger partial charge < -0.3 is 9.47 Å². The minimum atomic E-state index is 0.188. The van der Waals surface area contributed by atoms with Gasteiger partial charge in [-0.05, 0) is 31.9 Å². The van der Waals surface area contributed by atoms with Crippen LogP contribution in [-0.4, -0.2) is 52.5 Å². The van der Waals surface area contributed by atoms with Gasteiger partial charge in [0.1, 0.15) is 5.69 Å². The van der Waals surface area contributed by atoms with Crippen molar-refractivity contribution >= 4 is 16.8 Å². The minimum Gasteiger partial charge on any atom is -0.337 e. The predicted octanol–water partition coefficient (Wildman–Crippen LogP) is 2.58. The SMILES string of the molecule is CCn1c(C(=O)N2CCN(C3CC3)CC2)cc2ccccc21. The molecule has 1 saturated carbocycles. The van der Waals surface area contributed by atoms with Crippen LogP contribution in [0.25, 0.3) is 10.9 Å². The quantitative estimate of drug-likeness (QED) is 0.871. The van der Waals surface area contributed by atoms with E-state index >= 15 is 0 Å². The summed E-state index contributed by atoms with van der Waals surface area (Å²) >= 11 is 0. The Hall–Kier alpha value is -1.81. The molecule has 0 radical (unpaired) electrons. The molecule has 2 fully saturated rings. The molecule has 1 saturated heterocycles. The molecule has 0 bridgehead atoms. The van der Waals surface area contributed by atoms with E-state index in [1.807, 2.05) is 17.0 Å². The molecule has 0 unspecified atom stereocenters. The third-order valence-electron chi connectivity index (χ3n) is 5.01. The molecule has 4 nitrogen and oxygen atoms in total. The Bertz CT molecular complexity index is 693. The van der Waals surface area contributed by atoms with Crippen molar-refractivity contribution in [2.45, 2.75) is 32.4 Å². The van der Waals surface area contributed by atoms with Crippen LogP contribution in [0.1, 0.15) is 30.3 Å². The Labute approximate surface area is 131 Å². The zero-order chi connectivity index (χ0) is 15.1. The van der Waals surface area contributed by atoms with E-state index in [0.29, 0.717) is 0 Å². The molecule has 2 aromatic rings. The number of nitrogens with zero attached hydrogens (tertiary/aromatic N) is 3. The molecule has 1 amide bonds. The van der Waals surface area contributed by atoms with Crippen molar-refractivity contribution in [1.29, 1.82) is 0 Å². The van der Waals surface area contributed by atoms with Gasteiger partial charge in [0.2, 0.25) is 0 Å². The highest BCUT2D eigenvalue weighted by Crippen LogP contribution is 2.28. The number of benzene rings is 1. The fourth-order valence-corrected chi connectivity index (χ4v) is 3.62. The standard InChI is InChI=1S/C18H23N3O/c1-2-21-16-6-4-3-5-14(16)13-17(21)18(22)20-11-9-19(10-12-20)15-7-8-15/h3-6,13,15H,2,7-12H2,1H3. The average molecular weight is 297 g/mol. The molecule has 1 aliphatic carbocycles. The summed E-state index contributed by atoms with van der Waals surface area (Å²) in [6.45, 7) is 6.72. The summed E-state index contributed by atoms with van der Waals surface area (Å²) < 4.78 is 2.14. The number of carbonyl (C=O) groups is 1. The van der Waals surface area contributed by atoms with Crippen LogP contribution in [0.15, 0.2) is 30.3 Å². The molecule has 1 aromatic heterocycles. The first kappa shape index (κ1) is 13.8. The van der Waals surface area contributed by atoms with Crippen molar-refractivity contribution in [2.75, 3.05) is 26.2 Å². The fourth-order valence-electron chi connectivity index (χ4n) is 3.62. The van der Waals surface area contributed by atoms with Gasteiger partial charge in [0.05, 0.1) is 0 Å². The summed E-state index contributed by atoms with van der Waals surface area (Å²) in [5, 5.41) is 1.16. The Morgan fingerprint density at radius 3 is 2.55 bits per heavy atom. The molecule has 116 valence electrons. The minimum absolute atomic E-state index is 0.188. The molecule has 22 heavy (non-hydrogen) atoms. The lowest BCUT2D eigenvalue weighted by atomic mass is 10.2. The maximum atomic E-state index is 12.9. The largest absolute Gasteiger partial charge is 0.337 e. The van der Waals surface area contributed by atoms with Crippen molar-refractivity contribution in [3.05, 3.63) is 36.0 Å². The lowest BCUT2D eigenvalue weighted by Gasteiger charge is -2.34. The molecule has 0 spiro atoms. The van der Waals surface area contributed by atoms with Gasteiger partial charge in [-0.15, -0.1) is 0 Å². The number of para-hydroxylation sites is 1. The van der Waals surface area contributed by atoms with E-state index in [4.69, 9.17) is 0 Å². The Morgan fingerprint density at radius 2 is 1.86 bits per heavy atom. The molecular formula is C18H23N3O. The van der Waals surface area contributed by atoms with Crippen molar-refractivity contribution in [1.82, 2.24) is 14.4 Å². The van der Waals surface area contributed by atoms with Gasteiger partial charge in [-0.1, -0.05) is 18.2 Å². The molecule has 2 heterocycles. The van der Waals surface area contributed by atoms with Gasteiger partial charge in [0.25, 0.3) is 5.91 Å². The second-order valence-corrected chi connectivity index (χ2v) is 6.39. The monoisotopic (exact) mass is 297 g/mol. The number of carbonyl (C=O) groups excluding carboxylic acids is 1.